The van der Waals surface area contributed by atoms with Crippen LogP contribution >= 0.6 is 0 Å². The topological polar surface area (TPSA) is 46.2 Å². The van der Waals surface area contributed by atoms with Gasteiger partial charge in [0.05, 0.1) is 6.54 Å². The smallest absolute Gasteiger partial charge is 0.349 e. The van der Waals surface area contributed by atoms with Gasteiger partial charge in [0.15, 0.2) is 0 Å². The molecule has 0 radical (unpaired) electrons. The summed E-state index contributed by atoms with van der Waals surface area (Å²) in [6, 6.07) is 0. The van der Waals surface area contributed by atoms with Crippen molar-refractivity contribution in [1.82, 2.24) is 5.32 Å². The molecule has 0 rings (SSSR count). The van der Waals surface area contributed by atoms with Crippen molar-refractivity contribution < 1.29 is 22.8 Å². The molecular formula is C5H6F3NO2. The number of rotatable bonds is 2. The summed E-state index contributed by atoms with van der Waals surface area (Å²) < 4.78 is 34.2. The molecule has 3 nitrogen and oxygen atoms in total. The highest BCUT2D eigenvalue weighted by Gasteiger charge is 2.37. The van der Waals surface area contributed by atoms with Crippen LogP contribution in [0.4, 0.5) is 13.2 Å². The maximum Gasteiger partial charge on any atom is 0.451 e. The van der Waals surface area contributed by atoms with Gasteiger partial charge in [-0.25, -0.2) is 0 Å². The Morgan fingerprint density at radius 1 is 1.36 bits per heavy atom. The molecule has 0 heterocycles. The van der Waals surface area contributed by atoms with Gasteiger partial charge in [-0.2, -0.15) is 13.2 Å². The van der Waals surface area contributed by atoms with Crippen molar-refractivity contribution in [1.29, 1.82) is 0 Å². The lowest BCUT2D eigenvalue weighted by Gasteiger charge is -2.04. The van der Waals surface area contributed by atoms with Crippen molar-refractivity contribution in [3.63, 3.8) is 0 Å². The van der Waals surface area contributed by atoms with E-state index in [1.165, 1.54) is 0 Å². The van der Waals surface area contributed by atoms with Crippen molar-refractivity contribution in [3.05, 3.63) is 0 Å². The number of hydrogen-bond donors (Lipinski definition) is 1. The number of alkyl halides is 3. The standard InChI is InChI=1S/C5H6F3NO2/c1-3(10)9-2-4(11)5(6,7)8/h2H2,1H3,(H,9,10). The van der Waals surface area contributed by atoms with E-state index < -0.39 is 24.4 Å². The molecule has 0 saturated heterocycles. The molecule has 0 saturated carbocycles. The third-order valence-corrected chi connectivity index (χ3v) is 0.814. The number of carbonyl (C=O) groups is 2. The van der Waals surface area contributed by atoms with E-state index in [1.54, 1.807) is 5.32 Å². The van der Waals surface area contributed by atoms with Crippen LogP contribution in [0.25, 0.3) is 0 Å². The molecule has 0 aromatic heterocycles. The van der Waals surface area contributed by atoms with Crippen molar-refractivity contribution in [2.24, 2.45) is 0 Å². The average molecular weight is 169 g/mol. The minimum absolute atomic E-state index is 0.664. The first kappa shape index (κ1) is 9.93. The van der Waals surface area contributed by atoms with E-state index in [4.69, 9.17) is 0 Å². The van der Waals surface area contributed by atoms with Crippen LogP contribution in [0, 0.1) is 0 Å². The molecule has 6 heteroatoms. The number of halogens is 3. The molecule has 1 amide bonds. The van der Waals surface area contributed by atoms with Gasteiger partial charge in [-0.3, -0.25) is 9.59 Å². The van der Waals surface area contributed by atoms with Crippen LogP contribution in [0.5, 0.6) is 0 Å². The van der Waals surface area contributed by atoms with E-state index in [0.29, 0.717) is 0 Å². The summed E-state index contributed by atoms with van der Waals surface area (Å²) in [5.74, 6) is -2.62. The zero-order valence-corrected chi connectivity index (χ0v) is 5.66. The zero-order chi connectivity index (χ0) is 9.07. The van der Waals surface area contributed by atoms with Crippen LogP contribution in [0.3, 0.4) is 0 Å². The van der Waals surface area contributed by atoms with Gasteiger partial charge in [0.1, 0.15) is 0 Å². The fourth-order valence-electron chi connectivity index (χ4n) is 0.305. The summed E-state index contributed by atoms with van der Waals surface area (Å²) in [6.45, 7) is 0.0441. The lowest BCUT2D eigenvalue weighted by Crippen LogP contribution is -2.35. The van der Waals surface area contributed by atoms with E-state index in [9.17, 15) is 22.8 Å². The number of Topliss-reactive ketones (excluding diaryl/α,β-unsaturated/α-hetero) is 1. The van der Waals surface area contributed by atoms with Gasteiger partial charge in [0.2, 0.25) is 5.91 Å². The molecule has 1 N–H and O–H groups in total. The van der Waals surface area contributed by atoms with E-state index in [2.05, 4.69) is 0 Å². The third-order valence-electron chi connectivity index (χ3n) is 0.814. The lowest BCUT2D eigenvalue weighted by atomic mass is 10.4. The lowest BCUT2D eigenvalue weighted by molar-refractivity contribution is -0.170. The van der Waals surface area contributed by atoms with E-state index >= 15 is 0 Å². The monoisotopic (exact) mass is 169 g/mol. The van der Waals surface area contributed by atoms with Crippen molar-refractivity contribution in [2.45, 2.75) is 13.1 Å². The third kappa shape index (κ3) is 4.35. The second-order valence-electron chi connectivity index (χ2n) is 1.83. The Labute approximate surface area is 60.6 Å². The summed E-state index contributed by atoms with van der Waals surface area (Å²) in [6.07, 6.45) is -4.86. The van der Waals surface area contributed by atoms with Crippen LogP contribution in [0.1, 0.15) is 6.92 Å². The van der Waals surface area contributed by atoms with Crippen molar-refractivity contribution in [3.8, 4) is 0 Å². The minimum atomic E-state index is -4.86. The Kier molecular flexibility index (Phi) is 3.03. The van der Waals surface area contributed by atoms with Gasteiger partial charge in [0.25, 0.3) is 5.78 Å². The molecule has 0 atom stereocenters. The Balaban J connectivity index is 3.80. The molecule has 0 spiro atoms. The van der Waals surface area contributed by atoms with E-state index in [0.717, 1.165) is 6.92 Å². The number of ketones is 1. The second kappa shape index (κ2) is 3.36. The molecule has 0 fully saturated rings. The van der Waals surface area contributed by atoms with Crippen LogP contribution < -0.4 is 5.32 Å². The van der Waals surface area contributed by atoms with Gasteiger partial charge in [-0.15, -0.1) is 0 Å². The molecule has 0 aromatic carbocycles. The second-order valence-corrected chi connectivity index (χ2v) is 1.83. The maximum atomic E-state index is 11.4. The fourth-order valence-corrected chi connectivity index (χ4v) is 0.305. The highest BCUT2D eigenvalue weighted by atomic mass is 19.4. The number of amides is 1. The van der Waals surface area contributed by atoms with Gasteiger partial charge in [0, 0.05) is 6.92 Å². The zero-order valence-electron chi connectivity index (χ0n) is 5.66. The van der Waals surface area contributed by atoms with Gasteiger partial charge in [-0.1, -0.05) is 0 Å². The summed E-state index contributed by atoms with van der Waals surface area (Å²) in [4.78, 5) is 20.1. The molecular weight excluding hydrogens is 163 g/mol. The molecule has 11 heavy (non-hydrogen) atoms. The van der Waals surface area contributed by atoms with E-state index in [-0.39, 0.29) is 0 Å². The first-order valence-electron chi connectivity index (χ1n) is 2.68. The molecule has 0 aliphatic carbocycles. The Morgan fingerprint density at radius 2 is 1.82 bits per heavy atom. The Morgan fingerprint density at radius 3 is 2.09 bits per heavy atom. The van der Waals surface area contributed by atoms with Crippen molar-refractivity contribution >= 4 is 11.7 Å². The van der Waals surface area contributed by atoms with Gasteiger partial charge >= 0.3 is 6.18 Å². The predicted octanol–water partition coefficient (Wildman–Crippen LogP) is 0.254. The molecule has 0 unspecified atom stereocenters. The first-order valence-corrected chi connectivity index (χ1v) is 2.68. The predicted molar refractivity (Wildman–Crippen MR) is 29.7 cm³/mol. The van der Waals surface area contributed by atoms with Crippen LogP contribution in [-0.4, -0.2) is 24.4 Å². The van der Waals surface area contributed by atoms with E-state index in [1.807, 2.05) is 0 Å². The Bertz CT molecular complexity index is 175. The van der Waals surface area contributed by atoms with Crippen LogP contribution in [-0.2, 0) is 9.59 Å². The molecule has 0 bridgehead atoms. The van der Waals surface area contributed by atoms with Crippen LogP contribution in [0.15, 0.2) is 0 Å². The minimum Gasteiger partial charge on any atom is -0.349 e. The summed E-state index contributed by atoms with van der Waals surface area (Å²) in [5, 5.41) is 1.74. The average Bonchev–Trinajstić information content (AvgIpc) is 1.80. The molecule has 0 aliphatic rings. The molecule has 64 valence electrons. The quantitative estimate of drug-likeness (QED) is 0.644. The molecule has 0 aliphatic heterocycles. The van der Waals surface area contributed by atoms with Gasteiger partial charge in [-0.05, 0) is 0 Å². The SMILES string of the molecule is CC(=O)NCC(=O)C(F)(F)F. The largest absolute Gasteiger partial charge is 0.451 e. The van der Waals surface area contributed by atoms with Crippen molar-refractivity contribution in [2.75, 3.05) is 6.54 Å². The van der Waals surface area contributed by atoms with Crippen LogP contribution in [0.2, 0.25) is 0 Å². The number of hydrogen-bond acceptors (Lipinski definition) is 2. The normalized spacial score (nSPS) is 10.9. The Hall–Kier alpha value is -1.07. The maximum absolute atomic E-state index is 11.4. The summed E-state index contributed by atoms with van der Waals surface area (Å²) in [7, 11) is 0. The number of nitrogens with one attached hydrogen (secondary N) is 1. The summed E-state index contributed by atoms with van der Waals surface area (Å²) in [5.41, 5.74) is 0. The summed E-state index contributed by atoms with van der Waals surface area (Å²) >= 11 is 0. The highest BCUT2D eigenvalue weighted by molar-refractivity contribution is 5.89. The fraction of sp³-hybridized carbons (Fsp3) is 0.600. The highest BCUT2D eigenvalue weighted by Crippen LogP contribution is 2.14. The van der Waals surface area contributed by atoms with Gasteiger partial charge < -0.3 is 5.32 Å². The first-order chi connectivity index (χ1) is 4.84. The molecule has 0 aromatic rings. The number of carbonyl (C=O) groups excluding carboxylic acids is 2.